The normalized spacial score (nSPS) is 11.8. The van der Waals surface area contributed by atoms with Crippen molar-refractivity contribution in [1.82, 2.24) is 4.57 Å². The first-order valence-corrected chi connectivity index (χ1v) is 7.40. The van der Waals surface area contributed by atoms with E-state index in [2.05, 4.69) is 4.99 Å². The molecule has 0 aliphatic rings. The number of rotatable bonds is 3. The molecule has 0 unspecified atom stereocenters. The van der Waals surface area contributed by atoms with Crippen molar-refractivity contribution < 1.29 is 9.53 Å². The zero-order valence-corrected chi connectivity index (χ0v) is 12.3. The van der Waals surface area contributed by atoms with Gasteiger partial charge < -0.3 is 9.30 Å². The Kier molecular flexibility index (Phi) is 3.83. The number of amides is 1. The van der Waals surface area contributed by atoms with E-state index >= 15 is 0 Å². The van der Waals surface area contributed by atoms with Crippen LogP contribution in [0.4, 0.5) is 0 Å². The van der Waals surface area contributed by atoms with Crippen LogP contribution >= 0.6 is 11.3 Å². The molecule has 0 saturated carbocycles. The number of thiazole rings is 1. The van der Waals surface area contributed by atoms with Crippen LogP contribution < -0.4 is 9.54 Å². The van der Waals surface area contributed by atoms with E-state index in [1.807, 2.05) is 61.1 Å². The van der Waals surface area contributed by atoms with Gasteiger partial charge in [0.1, 0.15) is 5.75 Å². The molecule has 0 fully saturated rings. The summed E-state index contributed by atoms with van der Waals surface area (Å²) < 4.78 is 7.43. The molecule has 0 aliphatic heterocycles. The second-order valence-electron chi connectivity index (χ2n) is 4.57. The molecule has 0 saturated heterocycles. The molecule has 0 atom stereocenters. The highest BCUT2D eigenvalue weighted by molar-refractivity contribution is 7.07. The lowest BCUT2D eigenvalue weighted by Gasteiger charge is -2.07. The van der Waals surface area contributed by atoms with Crippen molar-refractivity contribution in [1.29, 1.82) is 0 Å². The lowest BCUT2D eigenvalue weighted by atomic mass is 10.1. The summed E-state index contributed by atoms with van der Waals surface area (Å²) in [5.41, 5.74) is 0. The van der Waals surface area contributed by atoms with Gasteiger partial charge in [0.15, 0.2) is 11.4 Å². The van der Waals surface area contributed by atoms with E-state index in [0.717, 1.165) is 10.8 Å². The first-order valence-electron chi connectivity index (χ1n) is 6.52. The molecule has 5 heteroatoms. The van der Waals surface area contributed by atoms with Gasteiger partial charge in [0.2, 0.25) is 0 Å². The summed E-state index contributed by atoms with van der Waals surface area (Å²) in [6, 6.07) is 13.7. The highest BCUT2D eigenvalue weighted by atomic mass is 32.1. The maximum Gasteiger partial charge on any atom is 0.286 e. The van der Waals surface area contributed by atoms with Gasteiger partial charge in [-0.2, -0.15) is 4.99 Å². The molecule has 4 nitrogen and oxygen atoms in total. The first kappa shape index (κ1) is 13.6. The van der Waals surface area contributed by atoms with Crippen LogP contribution in [0.3, 0.4) is 0 Å². The Bertz CT molecular complexity index is 843. The molecule has 0 aliphatic carbocycles. The molecule has 0 spiro atoms. The van der Waals surface area contributed by atoms with E-state index in [1.54, 1.807) is 4.57 Å². The number of aryl methyl sites for hydroxylation is 1. The molecular formula is C16H14N2O2S. The van der Waals surface area contributed by atoms with Crippen LogP contribution in [0.2, 0.25) is 0 Å². The average Bonchev–Trinajstić information content (AvgIpc) is 2.90. The third-order valence-electron chi connectivity index (χ3n) is 3.08. The van der Waals surface area contributed by atoms with Crippen LogP contribution in [0.25, 0.3) is 10.8 Å². The van der Waals surface area contributed by atoms with Crippen LogP contribution in [0, 0.1) is 0 Å². The van der Waals surface area contributed by atoms with Crippen LogP contribution in [-0.2, 0) is 11.8 Å². The lowest BCUT2D eigenvalue weighted by molar-refractivity contribution is -0.120. The van der Waals surface area contributed by atoms with Crippen molar-refractivity contribution >= 4 is 28.0 Å². The van der Waals surface area contributed by atoms with E-state index < -0.39 is 0 Å². The largest absolute Gasteiger partial charge is 0.483 e. The van der Waals surface area contributed by atoms with Gasteiger partial charge in [-0.05, 0) is 11.5 Å². The summed E-state index contributed by atoms with van der Waals surface area (Å²) in [7, 11) is 1.86. The zero-order valence-electron chi connectivity index (χ0n) is 11.5. The Morgan fingerprint density at radius 3 is 2.86 bits per heavy atom. The van der Waals surface area contributed by atoms with E-state index in [9.17, 15) is 4.79 Å². The smallest absolute Gasteiger partial charge is 0.286 e. The molecule has 1 aromatic heterocycles. The summed E-state index contributed by atoms with van der Waals surface area (Å²) in [6.45, 7) is -0.0636. The second-order valence-corrected chi connectivity index (χ2v) is 5.44. The minimum atomic E-state index is -0.291. The fraction of sp³-hybridized carbons (Fsp3) is 0.125. The molecule has 1 heterocycles. The van der Waals surface area contributed by atoms with E-state index in [1.165, 1.54) is 11.3 Å². The summed E-state index contributed by atoms with van der Waals surface area (Å²) >= 11 is 1.42. The number of nitrogens with zero attached hydrogens (tertiary/aromatic N) is 2. The number of carbonyl (C=O) groups excluding carboxylic acids is 1. The maximum atomic E-state index is 11.9. The summed E-state index contributed by atoms with van der Waals surface area (Å²) in [6.07, 6.45) is 1.86. The third-order valence-corrected chi connectivity index (χ3v) is 3.93. The summed E-state index contributed by atoms with van der Waals surface area (Å²) in [5.74, 6) is 0.410. The fourth-order valence-corrected chi connectivity index (χ4v) is 2.78. The van der Waals surface area contributed by atoms with Gasteiger partial charge in [-0.3, -0.25) is 4.79 Å². The Morgan fingerprint density at radius 1 is 1.24 bits per heavy atom. The standard InChI is InChI=1S/C16H14N2O2S/c1-18-9-10-21-16(18)17-15(19)11-20-14-8-4-6-12-5-2-3-7-13(12)14/h2-10H,11H2,1H3. The van der Waals surface area contributed by atoms with Crippen molar-refractivity contribution in [2.75, 3.05) is 6.61 Å². The van der Waals surface area contributed by atoms with Crippen molar-refractivity contribution in [2.45, 2.75) is 0 Å². The van der Waals surface area contributed by atoms with Crippen molar-refractivity contribution in [3.05, 3.63) is 58.8 Å². The van der Waals surface area contributed by atoms with Gasteiger partial charge in [0.25, 0.3) is 5.91 Å². The number of fused-ring (bicyclic) bond motifs is 1. The Hall–Kier alpha value is -2.40. The van der Waals surface area contributed by atoms with E-state index in [-0.39, 0.29) is 12.5 Å². The maximum absolute atomic E-state index is 11.9. The molecule has 2 aromatic carbocycles. The van der Waals surface area contributed by atoms with Crippen LogP contribution in [0.15, 0.2) is 59.0 Å². The number of hydrogen-bond acceptors (Lipinski definition) is 3. The topological polar surface area (TPSA) is 43.6 Å². The van der Waals surface area contributed by atoms with Crippen LogP contribution in [0.5, 0.6) is 5.75 Å². The van der Waals surface area contributed by atoms with Gasteiger partial charge in [-0.1, -0.05) is 36.4 Å². The quantitative estimate of drug-likeness (QED) is 0.746. The minimum Gasteiger partial charge on any atom is -0.483 e. The predicted octanol–water partition coefficient (Wildman–Crippen LogP) is 2.75. The van der Waals surface area contributed by atoms with Crippen molar-refractivity contribution in [3.63, 3.8) is 0 Å². The molecule has 21 heavy (non-hydrogen) atoms. The van der Waals surface area contributed by atoms with Crippen LogP contribution in [-0.4, -0.2) is 17.1 Å². The fourth-order valence-electron chi connectivity index (χ4n) is 2.03. The summed E-state index contributed by atoms with van der Waals surface area (Å²) in [4.78, 5) is 16.6. The average molecular weight is 298 g/mol. The molecule has 0 radical (unpaired) electrons. The predicted molar refractivity (Wildman–Crippen MR) is 83.3 cm³/mol. The monoisotopic (exact) mass is 298 g/mol. The number of ether oxygens (including phenoxy) is 1. The number of carbonyl (C=O) groups is 1. The molecule has 1 amide bonds. The van der Waals surface area contributed by atoms with Gasteiger partial charge >= 0.3 is 0 Å². The minimum absolute atomic E-state index is 0.0636. The molecular weight excluding hydrogens is 284 g/mol. The number of aromatic nitrogens is 1. The zero-order chi connectivity index (χ0) is 14.7. The van der Waals surface area contributed by atoms with Gasteiger partial charge in [-0.25, -0.2) is 0 Å². The highest BCUT2D eigenvalue weighted by Crippen LogP contribution is 2.24. The van der Waals surface area contributed by atoms with Crippen molar-refractivity contribution in [3.8, 4) is 5.75 Å². The Labute approximate surface area is 126 Å². The molecule has 0 N–H and O–H groups in total. The number of benzene rings is 2. The molecule has 0 bridgehead atoms. The Morgan fingerprint density at radius 2 is 2.05 bits per heavy atom. The van der Waals surface area contributed by atoms with E-state index in [0.29, 0.717) is 10.6 Å². The lowest BCUT2D eigenvalue weighted by Crippen LogP contribution is -2.16. The highest BCUT2D eigenvalue weighted by Gasteiger charge is 2.05. The molecule has 106 valence electrons. The number of hydrogen-bond donors (Lipinski definition) is 0. The SMILES string of the molecule is Cn1ccsc1=NC(=O)COc1cccc2ccccc12. The molecule has 3 rings (SSSR count). The Balaban J connectivity index is 1.78. The summed E-state index contributed by atoms with van der Waals surface area (Å²) in [5, 5.41) is 3.97. The van der Waals surface area contributed by atoms with Crippen LogP contribution in [0.1, 0.15) is 0 Å². The van der Waals surface area contributed by atoms with Gasteiger partial charge in [0, 0.05) is 24.0 Å². The van der Waals surface area contributed by atoms with Gasteiger partial charge in [0.05, 0.1) is 0 Å². The third kappa shape index (κ3) is 3.03. The first-order chi connectivity index (χ1) is 10.2. The molecule has 3 aromatic rings. The van der Waals surface area contributed by atoms with E-state index in [4.69, 9.17) is 4.74 Å². The van der Waals surface area contributed by atoms with Crippen molar-refractivity contribution in [2.24, 2.45) is 12.0 Å². The second kappa shape index (κ2) is 5.93. The van der Waals surface area contributed by atoms with Gasteiger partial charge in [-0.15, -0.1) is 11.3 Å².